The van der Waals surface area contributed by atoms with Crippen molar-refractivity contribution < 1.29 is 4.74 Å². The van der Waals surface area contributed by atoms with Crippen LogP contribution < -0.4 is 15.4 Å². The third-order valence-electron chi connectivity index (χ3n) is 5.55. The largest absolute Gasteiger partial charge is 0.497 e. The number of nitrogens with one attached hydrogen (secondary N) is 2. The van der Waals surface area contributed by atoms with Crippen LogP contribution in [0.1, 0.15) is 50.5 Å². The molecule has 1 aliphatic heterocycles. The van der Waals surface area contributed by atoms with Gasteiger partial charge in [-0.2, -0.15) is 0 Å². The number of guanidine groups is 1. The van der Waals surface area contributed by atoms with Gasteiger partial charge in [-0.25, -0.2) is 4.99 Å². The second kappa shape index (κ2) is 13.5. The maximum Gasteiger partial charge on any atom is 0.191 e. The van der Waals surface area contributed by atoms with Gasteiger partial charge in [-0.15, -0.1) is 34.2 Å². The SMILES string of the molecule is CCNC(=NCc1nncn1CC)NCC(c1ccc(OC)cc1)N1CCCCC1.I. The summed E-state index contributed by atoms with van der Waals surface area (Å²) in [5.41, 5.74) is 1.30. The number of likely N-dealkylation sites (tertiary alicyclic amines) is 1. The van der Waals surface area contributed by atoms with E-state index >= 15 is 0 Å². The van der Waals surface area contributed by atoms with Crippen LogP contribution in [0.25, 0.3) is 0 Å². The Kier molecular flexibility index (Phi) is 11.1. The third-order valence-corrected chi connectivity index (χ3v) is 5.55. The molecule has 1 fully saturated rings. The zero-order chi connectivity index (χ0) is 21.2. The molecular weight excluding hydrogens is 505 g/mol. The predicted molar refractivity (Wildman–Crippen MR) is 135 cm³/mol. The smallest absolute Gasteiger partial charge is 0.191 e. The fourth-order valence-corrected chi connectivity index (χ4v) is 3.86. The number of piperidine rings is 1. The van der Waals surface area contributed by atoms with Gasteiger partial charge in [0, 0.05) is 19.6 Å². The topological polar surface area (TPSA) is 79.6 Å². The van der Waals surface area contributed by atoms with Crippen LogP contribution in [0.5, 0.6) is 5.75 Å². The van der Waals surface area contributed by atoms with Crippen molar-refractivity contribution >= 4 is 29.9 Å². The molecule has 8 nitrogen and oxygen atoms in total. The summed E-state index contributed by atoms with van der Waals surface area (Å²) in [5.74, 6) is 2.56. The molecule has 2 N–H and O–H groups in total. The Balaban J connectivity index is 0.00000341. The lowest BCUT2D eigenvalue weighted by Gasteiger charge is -2.35. The van der Waals surface area contributed by atoms with E-state index in [9.17, 15) is 0 Å². The van der Waals surface area contributed by atoms with E-state index in [2.05, 4.69) is 51.7 Å². The molecule has 0 bridgehead atoms. The van der Waals surface area contributed by atoms with Crippen molar-refractivity contribution in [2.45, 2.75) is 52.2 Å². The molecule has 2 heterocycles. The van der Waals surface area contributed by atoms with Crippen LogP contribution in [0, 0.1) is 0 Å². The standard InChI is InChI=1S/C22H35N7O.HI/c1-4-23-22(25-16-21-27-26-17-28(21)5-2)24-15-20(29-13-7-6-8-14-29)18-9-11-19(30-3)12-10-18;/h9-12,17,20H,4-8,13-16H2,1-3H3,(H2,23,24,25);1H. The van der Waals surface area contributed by atoms with E-state index in [4.69, 9.17) is 9.73 Å². The minimum Gasteiger partial charge on any atom is -0.497 e. The highest BCUT2D eigenvalue weighted by Crippen LogP contribution is 2.25. The van der Waals surface area contributed by atoms with E-state index in [1.807, 2.05) is 16.7 Å². The van der Waals surface area contributed by atoms with Crippen LogP contribution >= 0.6 is 24.0 Å². The number of aliphatic imine (C=N–C) groups is 1. The summed E-state index contributed by atoms with van der Waals surface area (Å²) in [7, 11) is 1.71. The van der Waals surface area contributed by atoms with Crippen molar-refractivity contribution in [3.8, 4) is 5.75 Å². The summed E-state index contributed by atoms with van der Waals surface area (Å²) in [6, 6.07) is 8.73. The number of nitrogens with zero attached hydrogens (tertiary/aromatic N) is 5. The first-order chi connectivity index (χ1) is 14.7. The first kappa shape index (κ1) is 25.4. The van der Waals surface area contributed by atoms with Crippen LogP contribution in [-0.2, 0) is 13.1 Å². The van der Waals surface area contributed by atoms with Gasteiger partial charge in [0.1, 0.15) is 18.6 Å². The molecule has 0 radical (unpaired) electrons. The van der Waals surface area contributed by atoms with Gasteiger partial charge in [0.2, 0.25) is 0 Å². The maximum absolute atomic E-state index is 5.34. The Labute approximate surface area is 202 Å². The summed E-state index contributed by atoms with van der Waals surface area (Å²) >= 11 is 0. The van der Waals surface area contributed by atoms with Crippen LogP contribution in [0.3, 0.4) is 0 Å². The molecule has 31 heavy (non-hydrogen) atoms. The highest BCUT2D eigenvalue weighted by molar-refractivity contribution is 14.0. The first-order valence-corrected chi connectivity index (χ1v) is 11.0. The minimum atomic E-state index is 0. The lowest BCUT2D eigenvalue weighted by molar-refractivity contribution is 0.164. The Bertz CT molecular complexity index is 787. The second-order valence-corrected chi connectivity index (χ2v) is 7.49. The highest BCUT2D eigenvalue weighted by Gasteiger charge is 2.22. The number of halogens is 1. The van der Waals surface area contributed by atoms with Crippen molar-refractivity contribution in [2.75, 3.05) is 33.3 Å². The van der Waals surface area contributed by atoms with Gasteiger partial charge in [0.15, 0.2) is 11.8 Å². The van der Waals surface area contributed by atoms with E-state index < -0.39 is 0 Å². The van der Waals surface area contributed by atoms with Crippen molar-refractivity contribution in [3.63, 3.8) is 0 Å². The summed E-state index contributed by atoms with van der Waals surface area (Å²) < 4.78 is 7.35. The fraction of sp³-hybridized carbons (Fsp3) is 0.591. The highest BCUT2D eigenvalue weighted by atomic mass is 127. The molecule has 0 saturated carbocycles. The van der Waals surface area contributed by atoms with Crippen LogP contribution in [0.2, 0.25) is 0 Å². The molecule has 1 saturated heterocycles. The third kappa shape index (κ3) is 7.34. The zero-order valence-corrected chi connectivity index (χ0v) is 21.2. The Morgan fingerprint density at radius 2 is 1.87 bits per heavy atom. The molecule has 0 spiro atoms. The van der Waals surface area contributed by atoms with Gasteiger partial charge in [-0.05, 0) is 57.5 Å². The number of methoxy groups -OCH3 is 1. The van der Waals surface area contributed by atoms with Crippen molar-refractivity contribution in [3.05, 3.63) is 42.0 Å². The summed E-state index contributed by atoms with van der Waals surface area (Å²) in [6.07, 6.45) is 5.59. The molecule has 2 aromatic rings. The Morgan fingerprint density at radius 1 is 1.13 bits per heavy atom. The number of hydrogen-bond donors (Lipinski definition) is 2. The number of benzene rings is 1. The molecule has 1 unspecified atom stereocenters. The molecule has 1 aromatic carbocycles. The van der Waals surface area contributed by atoms with E-state index in [0.29, 0.717) is 12.6 Å². The first-order valence-electron chi connectivity index (χ1n) is 11.0. The van der Waals surface area contributed by atoms with Gasteiger partial charge in [-0.3, -0.25) is 4.90 Å². The predicted octanol–water partition coefficient (Wildman–Crippen LogP) is 3.21. The van der Waals surface area contributed by atoms with E-state index in [1.165, 1.54) is 24.8 Å². The Hall–Kier alpha value is -1.88. The number of rotatable bonds is 9. The van der Waals surface area contributed by atoms with Crippen molar-refractivity contribution in [1.82, 2.24) is 30.3 Å². The number of aromatic nitrogens is 3. The summed E-state index contributed by atoms with van der Waals surface area (Å²) in [5, 5.41) is 15.1. The zero-order valence-electron chi connectivity index (χ0n) is 18.9. The van der Waals surface area contributed by atoms with E-state index in [-0.39, 0.29) is 24.0 Å². The fourth-order valence-electron chi connectivity index (χ4n) is 3.86. The maximum atomic E-state index is 5.34. The molecule has 9 heteroatoms. The molecule has 0 aliphatic carbocycles. The van der Waals surface area contributed by atoms with Gasteiger partial charge in [0.05, 0.1) is 13.2 Å². The van der Waals surface area contributed by atoms with Crippen LogP contribution in [-0.4, -0.2) is 58.9 Å². The molecule has 1 aliphatic rings. The van der Waals surface area contributed by atoms with Gasteiger partial charge in [-0.1, -0.05) is 18.6 Å². The van der Waals surface area contributed by atoms with Crippen molar-refractivity contribution in [2.24, 2.45) is 4.99 Å². The lowest BCUT2D eigenvalue weighted by atomic mass is 10.0. The molecule has 1 atom stereocenters. The number of ether oxygens (including phenoxy) is 1. The average Bonchev–Trinajstić information content (AvgIpc) is 3.26. The molecular formula is C22H36IN7O. The number of aryl methyl sites for hydroxylation is 1. The van der Waals surface area contributed by atoms with E-state index in [0.717, 1.165) is 50.3 Å². The monoisotopic (exact) mass is 541 g/mol. The van der Waals surface area contributed by atoms with E-state index in [1.54, 1.807) is 13.4 Å². The molecule has 1 aromatic heterocycles. The lowest BCUT2D eigenvalue weighted by Crippen LogP contribution is -2.44. The molecule has 3 rings (SSSR count). The summed E-state index contributed by atoms with van der Waals surface area (Å²) in [6.45, 7) is 9.37. The molecule has 0 amide bonds. The van der Waals surface area contributed by atoms with Gasteiger partial charge >= 0.3 is 0 Å². The van der Waals surface area contributed by atoms with Crippen LogP contribution in [0.4, 0.5) is 0 Å². The van der Waals surface area contributed by atoms with Crippen molar-refractivity contribution in [1.29, 1.82) is 0 Å². The molecule has 172 valence electrons. The quantitative estimate of drug-likeness (QED) is 0.289. The average molecular weight is 541 g/mol. The van der Waals surface area contributed by atoms with Gasteiger partial charge < -0.3 is 19.9 Å². The summed E-state index contributed by atoms with van der Waals surface area (Å²) in [4.78, 5) is 7.31. The minimum absolute atomic E-state index is 0. The normalized spacial score (nSPS) is 15.8. The Morgan fingerprint density at radius 3 is 2.52 bits per heavy atom. The van der Waals surface area contributed by atoms with Crippen LogP contribution in [0.15, 0.2) is 35.6 Å². The second-order valence-electron chi connectivity index (χ2n) is 7.49. The van der Waals surface area contributed by atoms with Gasteiger partial charge in [0.25, 0.3) is 0 Å². The number of hydrogen-bond acceptors (Lipinski definition) is 5.